The molecule has 1 saturated heterocycles. The molecule has 2 rings (SSSR count). The normalized spacial score (nSPS) is 18.6. The van der Waals surface area contributed by atoms with E-state index in [4.69, 9.17) is 4.74 Å². The van der Waals surface area contributed by atoms with Crippen LogP contribution in [0.1, 0.15) is 23.7 Å². The summed E-state index contributed by atoms with van der Waals surface area (Å²) >= 11 is 3.23. The molecule has 0 radical (unpaired) electrons. The van der Waals surface area contributed by atoms with E-state index in [0.29, 0.717) is 15.7 Å². The molecule has 0 bridgehead atoms. The lowest BCUT2D eigenvalue weighted by Gasteiger charge is -2.18. The third kappa shape index (κ3) is 3.46. The first-order chi connectivity index (χ1) is 10.2. The lowest BCUT2D eigenvalue weighted by Crippen LogP contribution is -2.27. The molecule has 1 aromatic carbocycles. The molecule has 1 fully saturated rings. The predicted octanol–water partition coefficient (Wildman–Crippen LogP) is 2.03. The Morgan fingerprint density at radius 3 is 2.68 bits per heavy atom. The summed E-state index contributed by atoms with van der Waals surface area (Å²) in [5.74, 6) is -0.998. The maximum atomic E-state index is 13.0. The van der Waals surface area contributed by atoms with Crippen LogP contribution < -0.4 is 4.90 Å². The number of nitrogens with zero attached hydrogens (tertiary/aromatic N) is 1. The smallest absolute Gasteiger partial charge is 0.338 e. The van der Waals surface area contributed by atoms with Crippen molar-refractivity contribution in [2.45, 2.75) is 18.6 Å². The molecule has 0 N–H and O–H groups in total. The van der Waals surface area contributed by atoms with Crippen molar-refractivity contribution in [1.82, 2.24) is 0 Å². The zero-order chi connectivity index (χ0) is 16.5. The lowest BCUT2D eigenvalue weighted by atomic mass is 10.2. The van der Waals surface area contributed by atoms with Crippen molar-refractivity contribution in [2.24, 2.45) is 0 Å². The Bertz CT molecular complexity index is 721. The molecule has 22 heavy (non-hydrogen) atoms. The Morgan fingerprint density at radius 2 is 2.18 bits per heavy atom. The number of rotatable bonds is 4. The Morgan fingerprint density at radius 1 is 1.50 bits per heavy atom. The lowest BCUT2D eigenvalue weighted by molar-refractivity contribution is -0.117. The van der Waals surface area contributed by atoms with E-state index in [0.717, 1.165) is 0 Å². The average molecular weight is 394 g/mol. The van der Waals surface area contributed by atoms with Gasteiger partial charge in [0.1, 0.15) is 5.25 Å². The zero-order valence-electron chi connectivity index (χ0n) is 11.6. The van der Waals surface area contributed by atoms with E-state index in [-0.39, 0.29) is 13.2 Å². The first-order valence-electron chi connectivity index (χ1n) is 6.44. The quantitative estimate of drug-likeness (QED) is 0.577. The van der Waals surface area contributed by atoms with Gasteiger partial charge in [-0.3, -0.25) is 4.79 Å². The van der Waals surface area contributed by atoms with E-state index >= 15 is 0 Å². The van der Waals surface area contributed by atoms with Crippen molar-refractivity contribution in [3.05, 3.63) is 28.2 Å². The molecule has 1 atom stereocenters. The molecular formula is C13H13BrFNO5S. The summed E-state index contributed by atoms with van der Waals surface area (Å²) in [6, 6.07) is 4.42. The SMILES string of the molecule is CCOC(=O)c1ccc(N2CC(S(=O)(=O)F)CC2=O)c(Br)c1. The van der Waals surface area contributed by atoms with Crippen molar-refractivity contribution in [3.63, 3.8) is 0 Å². The molecule has 1 amide bonds. The van der Waals surface area contributed by atoms with E-state index in [1.54, 1.807) is 6.92 Å². The first-order valence-corrected chi connectivity index (χ1v) is 8.68. The van der Waals surface area contributed by atoms with Gasteiger partial charge in [-0.1, -0.05) is 0 Å². The van der Waals surface area contributed by atoms with Gasteiger partial charge >= 0.3 is 16.2 Å². The van der Waals surface area contributed by atoms with Gasteiger partial charge in [-0.25, -0.2) is 4.79 Å². The molecule has 1 aliphatic heterocycles. The topological polar surface area (TPSA) is 80.8 Å². The first kappa shape index (κ1) is 16.9. The summed E-state index contributed by atoms with van der Waals surface area (Å²) in [5.41, 5.74) is 0.669. The van der Waals surface area contributed by atoms with Gasteiger partial charge in [-0.2, -0.15) is 8.42 Å². The van der Waals surface area contributed by atoms with Gasteiger partial charge in [-0.05, 0) is 41.1 Å². The number of hydrogen-bond donors (Lipinski definition) is 0. The van der Waals surface area contributed by atoms with E-state index in [9.17, 15) is 21.9 Å². The number of hydrogen-bond acceptors (Lipinski definition) is 5. The van der Waals surface area contributed by atoms with E-state index in [1.165, 1.54) is 23.1 Å². The van der Waals surface area contributed by atoms with Gasteiger partial charge < -0.3 is 9.64 Å². The Kier molecular flexibility index (Phi) is 4.86. The van der Waals surface area contributed by atoms with Gasteiger partial charge in [0.2, 0.25) is 5.91 Å². The summed E-state index contributed by atoms with van der Waals surface area (Å²) in [6.07, 6.45) is -0.398. The number of carbonyl (C=O) groups excluding carboxylic acids is 2. The Hall–Kier alpha value is -1.48. The summed E-state index contributed by atoms with van der Waals surface area (Å²) < 4.78 is 40.2. The molecule has 0 aliphatic carbocycles. The minimum atomic E-state index is -4.77. The van der Waals surface area contributed by atoms with Crippen molar-refractivity contribution >= 4 is 43.7 Å². The average Bonchev–Trinajstić information content (AvgIpc) is 2.81. The van der Waals surface area contributed by atoms with Gasteiger partial charge in [0, 0.05) is 17.4 Å². The van der Waals surface area contributed by atoms with Gasteiger partial charge in [0.25, 0.3) is 0 Å². The van der Waals surface area contributed by atoms with Crippen LogP contribution in [-0.4, -0.2) is 38.7 Å². The molecule has 9 heteroatoms. The second-order valence-electron chi connectivity index (χ2n) is 4.69. The summed E-state index contributed by atoms with van der Waals surface area (Å²) in [4.78, 5) is 24.7. The standard InChI is InChI=1S/C13H13BrFNO5S/c1-2-21-13(18)8-3-4-11(10(14)5-8)16-7-9(6-12(16)17)22(15,19)20/h3-5,9H,2,6-7H2,1H3. The van der Waals surface area contributed by atoms with Crippen molar-refractivity contribution < 1.29 is 26.6 Å². The van der Waals surface area contributed by atoms with Crippen LogP contribution >= 0.6 is 15.9 Å². The van der Waals surface area contributed by atoms with Crippen molar-refractivity contribution in [1.29, 1.82) is 0 Å². The molecule has 6 nitrogen and oxygen atoms in total. The number of anilines is 1. The van der Waals surface area contributed by atoms with E-state index in [2.05, 4.69) is 15.9 Å². The molecule has 120 valence electrons. The van der Waals surface area contributed by atoms with Crippen LogP contribution in [0.4, 0.5) is 9.57 Å². The van der Waals surface area contributed by atoms with Crippen LogP contribution in [0.5, 0.6) is 0 Å². The van der Waals surface area contributed by atoms with Gasteiger partial charge in [-0.15, -0.1) is 3.89 Å². The molecule has 0 aromatic heterocycles. The van der Waals surface area contributed by atoms with Crippen LogP contribution in [0.15, 0.2) is 22.7 Å². The largest absolute Gasteiger partial charge is 0.462 e. The predicted molar refractivity (Wildman–Crippen MR) is 80.9 cm³/mol. The van der Waals surface area contributed by atoms with E-state index in [1.807, 2.05) is 0 Å². The minimum Gasteiger partial charge on any atom is -0.462 e. The third-order valence-corrected chi connectivity index (χ3v) is 4.98. The summed E-state index contributed by atoms with van der Waals surface area (Å²) in [7, 11) is -4.77. The third-order valence-electron chi connectivity index (χ3n) is 3.24. The molecule has 0 spiro atoms. The van der Waals surface area contributed by atoms with Gasteiger partial charge in [0.05, 0.1) is 17.9 Å². The second kappa shape index (κ2) is 6.33. The highest BCUT2D eigenvalue weighted by atomic mass is 79.9. The molecule has 1 unspecified atom stereocenters. The van der Waals surface area contributed by atoms with E-state index < -0.39 is 33.8 Å². The highest BCUT2D eigenvalue weighted by Gasteiger charge is 2.39. The van der Waals surface area contributed by atoms with Crippen LogP contribution in [-0.2, 0) is 19.8 Å². The Balaban J connectivity index is 2.27. The number of amides is 1. The fraction of sp³-hybridized carbons (Fsp3) is 0.385. The number of halogens is 2. The number of esters is 1. The van der Waals surface area contributed by atoms with Crippen LogP contribution in [0.25, 0.3) is 0 Å². The summed E-state index contributed by atoms with van der Waals surface area (Å²) in [6.45, 7) is 1.66. The second-order valence-corrected chi connectivity index (χ2v) is 7.16. The highest BCUT2D eigenvalue weighted by molar-refractivity contribution is 9.10. The molecular weight excluding hydrogens is 381 g/mol. The maximum Gasteiger partial charge on any atom is 0.338 e. The zero-order valence-corrected chi connectivity index (χ0v) is 14.0. The molecule has 1 heterocycles. The number of ether oxygens (including phenoxy) is 1. The van der Waals surface area contributed by atoms with Crippen molar-refractivity contribution in [2.75, 3.05) is 18.1 Å². The number of benzene rings is 1. The van der Waals surface area contributed by atoms with Crippen LogP contribution in [0.3, 0.4) is 0 Å². The van der Waals surface area contributed by atoms with Crippen molar-refractivity contribution in [3.8, 4) is 0 Å². The fourth-order valence-electron chi connectivity index (χ4n) is 2.16. The number of carbonyl (C=O) groups is 2. The Labute approximate surface area is 135 Å². The maximum absolute atomic E-state index is 13.0. The van der Waals surface area contributed by atoms with Crippen LogP contribution in [0.2, 0.25) is 0 Å². The van der Waals surface area contributed by atoms with Crippen LogP contribution in [0, 0.1) is 0 Å². The molecule has 0 saturated carbocycles. The molecule has 1 aromatic rings. The fourth-order valence-corrected chi connectivity index (χ4v) is 3.43. The summed E-state index contributed by atoms with van der Waals surface area (Å²) in [5, 5.41) is -1.36. The molecule has 1 aliphatic rings. The minimum absolute atomic E-state index is 0.235. The van der Waals surface area contributed by atoms with Gasteiger partial charge in [0.15, 0.2) is 0 Å². The highest BCUT2D eigenvalue weighted by Crippen LogP contribution is 2.32. The monoisotopic (exact) mass is 393 g/mol.